The Morgan fingerprint density at radius 2 is 2.06 bits per heavy atom. The molecule has 0 unspecified atom stereocenters. The predicted octanol–water partition coefficient (Wildman–Crippen LogP) is 3.14. The molecule has 3 aromatic rings. The van der Waals surface area contributed by atoms with Gasteiger partial charge in [-0.05, 0) is 31.5 Å². The number of carbonyl (C=O) groups is 1. The third-order valence-electron chi connectivity index (χ3n) is 5.35. The number of fused-ring (bicyclic) bond motifs is 1. The Morgan fingerprint density at radius 3 is 2.74 bits per heavy atom. The van der Waals surface area contributed by atoms with E-state index >= 15 is 0 Å². The molecule has 2 aromatic heterocycles. The minimum absolute atomic E-state index is 0. The van der Waals surface area contributed by atoms with Crippen LogP contribution in [-0.4, -0.2) is 72.1 Å². The highest BCUT2D eigenvalue weighted by Gasteiger charge is 2.24. The number of aryl methyl sites for hydroxylation is 2. The fraction of sp³-hybridized carbons (Fsp3) is 0.476. The number of aromatic nitrogens is 3. The van der Waals surface area contributed by atoms with E-state index in [4.69, 9.17) is 14.5 Å². The van der Waals surface area contributed by atoms with Gasteiger partial charge in [0.15, 0.2) is 10.8 Å². The van der Waals surface area contributed by atoms with Crippen molar-refractivity contribution in [2.24, 2.45) is 7.05 Å². The van der Waals surface area contributed by atoms with Crippen molar-refractivity contribution in [3.63, 3.8) is 0 Å². The molecule has 1 aliphatic rings. The Morgan fingerprint density at radius 1 is 1.29 bits per heavy atom. The molecule has 1 aromatic carbocycles. The topological polar surface area (TPSA) is 72.7 Å². The summed E-state index contributed by atoms with van der Waals surface area (Å²) in [5.41, 5.74) is 2.22. The summed E-state index contributed by atoms with van der Waals surface area (Å²) in [6.45, 7) is 6.88. The molecule has 0 saturated carbocycles. The number of morpholine rings is 1. The van der Waals surface area contributed by atoms with E-state index in [2.05, 4.69) is 10.00 Å². The number of thiazole rings is 1. The van der Waals surface area contributed by atoms with Crippen LogP contribution >= 0.6 is 23.7 Å². The van der Waals surface area contributed by atoms with E-state index in [9.17, 15) is 4.79 Å². The minimum atomic E-state index is -0.119. The first kappa shape index (κ1) is 23.5. The third-order valence-corrected chi connectivity index (χ3v) is 6.41. The van der Waals surface area contributed by atoms with Crippen molar-refractivity contribution in [1.29, 1.82) is 0 Å². The average Bonchev–Trinajstić information content (AvgIpc) is 3.33. The smallest absolute Gasteiger partial charge is 0.280 e. The number of hydrogen-bond donors (Lipinski definition) is 0. The van der Waals surface area contributed by atoms with Crippen LogP contribution in [0.4, 0.5) is 5.13 Å². The number of carbonyl (C=O) groups excluding carboxylic acids is 1. The number of nitrogens with zero attached hydrogens (tertiary/aromatic N) is 5. The molecule has 8 nitrogen and oxygen atoms in total. The first-order chi connectivity index (χ1) is 14.5. The molecule has 0 atom stereocenters. The summed E-state index contributed by atoms with van der Waals surface area (Å²) in [5.74, 6) is 0.636. The molecule has 1 amide bonds. The van der Waals surface area contributed by atoms with E-state index in [0.717, 1.165) is 60.9 Å². The molecule has 31 heavy (non-hydrogen) atoms. The number of anilines is 1. The number of ether oxygens (including phenoxy) is 2. The molecule has 1 saturated heterocycles. The summed E-state index contributed by atoms with van der Waals surface area (Å²) in [6, 6.07) is 7.62. The number of amides is 1. The average molecular weight is 466 g/mol. The fourth-order valence-electron chi connectivity index (χ4n) is 3.50. The Balaban J connectivity index is 0.00000272. The zero-order chi connectivity index (χ0) is 21.1. The molecular formula is C21H28ClN5O3S. The highest BCUT2D eigenvalue weighted by molar-refractivity contribution is 7.22. The number of halogens is 1. The van der Waals surface area contributed by atoms with Crippen molar-refractivity contribution in [3.05, 3.63) is 35.7 Å². The molecule has 168 valence electrons. The Kier molecular flexibility index (Phi) is 7.88. The zero-order valence-electron chi connectivity index (χ0n) is 18.0. The van der Waals surface area contributed by atoms with Crippen molar-refractivity contribution in [2.45, 2.75) is 13.3 Å². The summed E-state index contributed by atoms with van der Waals surface area (Å²) in [4.78, 5) is 22.2. The summed E-state index contributed by atoms with van der Waals surface area (Å²) in [5, 5.41) is 5.08. The van der Waals surface area contributed by atoms with E-state index in [1.807, 2.05) is 38.2 Å². The molecule has 1 fully saturated rings. The Bertz CT molecular complexity index is 1010. The van der Waals surface area contributed by atoms with Gasteiger partial charge in [-0.3, -0.25) is 19.3 Å². The lowest BCUT2D eigenvalue weighted by Gasteiger charge is -2.27. The first-order valence-corrected chi connectivity index (χ1v) is 10.9. The highest BCUT2D eigenvalue weighted by Crippen LogP contribution is 2.32. The van der Waals surface area contributed by atoms with Gasteiger partial charge >= 0.3 is 0 Å². The number of hydrogen-bond acceptors (Lipinski definition) is 7. The summed E-state index contributed by atoms with van der Waals surface area (Å²) in [7, 11) is 3.48. The normalized spacial score (nSPS) is 14.4. The predicted molar refractivity (Wildman–Crippen MR) is 125 cm³/mol. The lowest BCUT2D eigenvalue weighted by atomic mass is 10.3. The van der Waals surface area contributed by atoms with Crippen LogP contribution < -0.4 is 9.64 Å². The minimum Gasteiger partial charge on any atom is -0.497 e. The standard InChI is InChI=1S/C21H27N5O3S.ClH/c1-15-13-18(23-24(15)2)20(27)26(8-4-7-25-9-11-29-12-10-25)21-22-17-14-16(28-3)5-6-19(17)30-21;/h5-6,13-14H,4,7-12H2,1-3H3;1H. The largest absolute Gasteiger partial charge is 0.497 e. The van der Waals surface area contributed by atoms with E-state index in [1.54, 1.807) is 16.7 Å². The monoisotopic (exact) mass is 465 g/mol. The molecule has 3 heterocycles. The quantitative estimate of drug-likeness (QED) is 0.533. The van der Waals surface area contributed by atoms with Crippen LogP contribution in [0.2, 0.25) is 0 Å². The molecule has 0 spiro atoms. The lowest BCUT2D eigenvalue weighted by molar-refractivity contribution is 0.0376. The van der Waals surface area contributed by atoms with Crippen LogP contribution in [0.1, 0.15) is 22.6 Å². The maximum Gasteiger partial charge on any atom is 0.280 e. The zero-order valence-corrected chi connectivity index (χ0v) is 19.7. The fourth-order valence-corrected chi connectivity index (χ4v) is 4.47. The Hall–Kier alpha value is -2.20. The van der Waals surface area contributed by atoms with Gasteiger partial charge in [0.2, 0.25) is 0 Å². The molecule has 0 radical (unpaired) electrons. The number of benzene rings is 1. The van der Waals surface area contributed by atoms with Gasteiger partial charge in [-0.15, -0.1) is 12.4 Å². The highest BCUT2D eigenvalue weighted by atomic mass is 35.5. The molecule has 10 heteroatoms. The van der Waals surface area contributed by atoms with Crippen LogP contribution in [0.3, 0.4) is 0 Å². The van der Waals surface area contributed by atoms with Gasteiger partial charge in [0.05, 0.1) is 30.5 Å². The Labute approximate surface area is 192 Å². The number of rotatable bonds is 7. The van der Waals surface area contributed by atoms with Crippen LogP contribution in [-0.2, 0) is 11.8 Å². The summed E-state index contributed by atoms with van der Waals surface area (Å²) >= 11 is 1.51. The van der Waals surface area contributed by atoms with Crippen molar-refractivity contribution in [2.75, 3.05) is 51.4 Å². The van der Waals surface area contributed by atoms with Crippen LogP contribution in [0, 0.1) is 6.92 Å². The second kappa shape index (κ2) is 10.4. The molecule has 0 N–H and O–H groups in total. The SMILES string of the molecule is COc1ccc2sc(N(CCCN3CCOCC3)C(=O)c3cc(C)n(C)n3)nc2c1.Cl. The number of methoxy groups -OCH3 is 1. The lowest BCUT2D eigenvalue weighted by Crippen LogP contribution is -2.39. The van der Waals surface area contributed by atoms with Gasteiger partial charge in [0, 0.05) is 45.0 Å². The van der Waals surface area contributed by atoms with Crippen LogP contribution in [0.15, 0.2) is 24.3 Å². The van der Waals surface area contributed by atoms with Crippen molar-refractivity contribution in [1.82, 2.24) is 19.7 Å². The van der Waals surface area contributed by atoms with Crippen LogP contribution in [0.5, 0.6) is 5.75 Å². The van der Waals surface area contributed by atoms with Crippen LogP contribution in [0.25, 0.3) is 10.2 Å². The second-order valence-electron chi connectivity index (χ2n) is 7.39. The maximum absolute atomic E-state index is 13.4. The first-order valence-electron chi connectivity index (χ1n) is 10.1. The summed E-state index contributed by atoms with van der Waals surface area (Å²) < 4.78 is 13.5. The second-order valence-corrected chi connectivity index (χ2v) is 8.40. The molecule has 0 bridgehead atoms. The van der Waals surface area contributed by atoms with Gasteiger partial charge in [-0.2, -0.15) is 5.10 Å². The maximum atomic E-state index is 13.4. The van der Waals surface area contributed by atoms with E-state index in [1.165, 1.54) is 11.3 Å². The van der Waals surface area contributed by atoms with Crippen molar-refractivity contribution >= 4 is 45.0 Å². The third kappa shape index (κ3) is 5.35. The van der Waals surface area contributed by atoms with Gasteiger partial charge in [0.1, 0.15) is 5.75 Å². The van der Waals surface area contributed by atoms with Gasteiger partial charge in [0.25, 0.3) is 5.91 Å². The van der Waals surface area contributed by atoms with E-state index < -0.39 is 0 Å². The molecule has 0 aliphatic carbocycles. The summed E-state index contributed by atoms with van der Waals surface area (Å²) in [6.07, 6.45) is 0.858. The van der Waals surface area contributed by atoms with Gasteiger partial charge < -0.3 is 9.47 Å². The van der Waals surface area contributed by atoms with E-state index in [0.29, 0.717) is 17.4 Å². The van der Waals surface area contributed by atoms with Gasteiger partial charge in [-0.25, -0.2) is 4.98 Å². The molecular weight excluding hydrogens is 438 g/mol. The van der Waals surface area contributed by atoms with Crippen molar-refractivity contribution in [3.8, 4) is 5.75 Å². The van der Waals surface area contributed by atoms with E-state index in [-0.39, 0.29) is 18.3 Å². The molecule has 1 aliphatic heterocycles. The molecule has 4 rings (SSSR count). The van der Waals surface area contributed by atoms with Crippen molar-refractivity contribution < 1.29 is 14.3 Å². The van der Waals surface area contributed by atoms with Gasteiger partial charge in [-0.1, -0.05) is 11.3 Å².